The van der Waals surface area contributed by atoms with Gasteiger partial charge in [0.05, 0.1) is 35.7 Å². The maximum Gasteiger partial charge on any atom is 0.353 e. The van der Waals surface area contributed by atoms with Gasteiger partial charge in [-0.1, -0.05) is 12.1 Å². The van der Waals surface area contributed by atoms with Crippen molar-refractivity contribution in [3.05, 3.63) is 81.6 Å². The van der Waals surface area contributed by atoms with Gasteiger partial charge >= 0.3 is 11.9 Å². The zero-order chi connectivity index (χ0) is 25.8. The third-order valence-electron chi connectivity index (χ3n) is 5.18. The van der Waals surface area contributed by atoms with Gasteiger partial charge in [0.1, 0.15) is 4.88 Å². The van der Waals surface area contributed by atoms with Crippen LogP contribution in [0.3, 0.4) is 0 Å². The fourth-order valence-electron chi connectivity index (χ4n) is 3.45. The van der Waals surface area contributed by atoms with Crippen molar-refractivity contribution >= 4 is 46.7 Å². The number of esters is 2. The summed E-state index contributed by atoms with van der Waals surface area (Å²) in [7, 11) is 1.48. The highest BCUT2D eigenvalue weighted by molar-refractivity contribution is 7.12. The predicted octanol–water partition coefficient (Wildman–Crippen LogP) is 5.35. The molecule has 9 heteroatoms. The van der Waals surface area contributed by atoms with Crippen LogP contribution in [-0.4, -0.2) is 36.8 Å². The van der Waals surface area contributed by atoms with E-state index >= 15 is 0 Å². The Labute approximate surface area is 212 Å². The summed E-state index contributed by atoms with van der Waals surface area (Å²) >= 11 is 1.29. The zero-order valence-corrected chi connectivity index (χ0v) is 21.0. The van der Waals surface area contributed by atoms with Crippen molar-refractivity contribution in [3.8, 4) is 11.5 Å². The number of anilines is 1. The molecule has 0 bridgehead atoms. The minimum absolute atomic E-state index is 0.224. The summed E-state index contributed by atoms with van der Waals surface area (Å²) in [5.74, 6) is -0.573. The topological polar surface area (TPSA) is 94.5 Å². The molecule has 2 aromatic carbocycles. The molecular weight excluding hydrogens is 480 g/mol. The standard InChI is InChI=1S/C27H24N2O6S/c1-16(2)34-26(31)19-8-10-20(11-9-19)29-25(30)21(17(3)28-29)14-18-7-12-22(23(15-18)33-4)35-27(32)24-6-5-13-36-24/h5-16H,1-4H3. The second kappa shape index (κ2) is 10.6. The molecule has 0 spiro atoms. The quantitative estimate of drug-likeness (QED) is 0.245. The number of hydrogen-bond donors (Lipinski definition) is 0. The van der Waals surface area contributed by atoms with Gasteiger partial charge in [-0.05, 0) is 80.3 Å². The lowest BCUT2D eigenvalue weighted by atomic mass is 10.1. The number of carbonyl (C=O) groups is 3. The molecule has 2 heterocycles. The lowest BCUT2D eigenvalue weighted by molar-refractivity contribution is -0.114. The van der Waals surface area contributed by atoms with Crippen LogP contribution < -0.4 is 14.5 Å². The second-order valence-electron chi connectivity index (χ2n) is 8.14. The van der Waals surface area contributed by atoms with Crippen molar-refractivity contribution in [3.63, 3.8) is 0 Å². The average molecular weight is 505 g/mol. The summed E-state index contributed by atoms with van der Waals surface area (Å²) in [5, 5.41) is 7.47. The molecule has 0 aliphatic carbocycles. The van der Waals surface area contributed by atoms with Crippen LogP contribution in [-0.2, 0) is 9.53 Å². The first-order valence-electron chi connectivity index (χ1n) is 11.1. The first-order valence-corrected chi connectivity index (χ1v) is 12.0. The van der Waals surface area contributed by atoms with Crippen LogP contribution in [0.15, 0.2) is 70.7 Å². The molecule has 0 unspecified atom stereocenters. The van der Waals surface area contributed by atoms with Gasteiger partial charge < -0.3 is 14.2 Å². The molecule has 4 rings (SSSR count). The highest BCUT2D eigenvalue weighted by atomic mass is 32.1. The number of hydrazone groups is 1. The maximum absolute atomic E-state index is 13.1. The van der Waals surface area contributed by atoms with Crippen LogP contribution in [0.25, 0.3) is 6.08 Å². The van der Waals surface area contributed by atoms with Gasteiger partial charge in [0, 0.05) is 0 Å². The minimum atomic E-state index is -0.470. The van der Waals surface area contributed by atoms with E-state index in [2.05, 4.69) is 5.10 Å². The second-order valence-corrected chi connectivity index (χ2v) is 9.09. The Morgan fingerprint density at radius 1 is 1.03 bits per heavy atom. The van der Waals surface area contributed by atoms with E-state index in [9.17, 15) is 14.4 Å². The molecular formula is C27H24N2O6S. The highest BCUT2D eigenvalue weighted by Gasteiger charge is 2.29. The lowest BCUT2D eigenvalue weighted by Crippen LogP contribution is -2.21. The lowest BCUT2D eigenvalue weighted by Gasteiger charge is -2.13. The van der Waals surface area contributed by atoms with Crippen LogP contribution in [0.4, 0.5) is 5.69 Å². The summed E-state index contributed by atoms with van der Waals surface area (Å²) in [6.45, 7) is 5.30. The highest BCUT2D eigenvalue weighted by Crippen LogP contribution is 2.31. The number of nitrogens with zero attached hydrogens (tertiary/aromatic N) is 2. The fourth-order valence-corrected chi connectivity index (χ4v) is 4.05. The number of carbonyl (C=O) groups excluding carboxylic acids is 3. The van der Waals surface area contributed by atoms with E-state index in [0.717, 1.165) is 0 Å². The third kappa shape index (κ3) is 5.36. The van der Waals surface area contributed by atoms with E-state index < -0.39 is 11.9 Å². The van der Waals surface area contributed by atoms with E-state index in [-0.39, 0.29) is 17.8 Å². The Morgan fingerprint density at radius 3 is 2.42 bits per heavy atom. The van der Waals surface area contributed by atoms with Gasteiger partial charge in [-0.15, -0.1) is 11.3 Å². The molecule has 0 saturated carbocycles. The minimum Gasteiger partial charge on any atom is -0.493 e. The summed E-state index contributed by atoms with van der Waals surface area (Å²) in [6, 6.07) is 15.0. The maximum atomic E-state index is 13.1. The summed E-state index contributed by atoms with van der Waals surface area (Å²) in [4.78, 5) is 38.0. The monoisotopic (exact) mass is 504 g/mol. The van der Waals surface area contributed by atoms with Crippen LogP contribution in [0, 0.1) is 0 Å². The van der Waals surface area contributed by atoms with Gasteiger partial charge in [0.25, 0.3) is 5.91 Å². The van der Waals surface area contributed by atoms with Crippen molar-refractivity contribution in [2.24, 2.45) is 5.10 Å². The number of benzene rings is 2. The molecule has 184 valence electrons. The molecule has 1 aliphatic heterocycles. The number of methoxy groups -OCH3 is 1. The Balaban J connectivity index is 1.52. The normalized spacial score (nSPS) is 14.2. The number of rotatable bonds is 7. The Bertz CT molecular complexity index is 1360. The van der Waals surface area contributed by atoms with Gasteiger partial charge in [0.2, 0.25) is 0 Å². The predicted molar refractivity (Wildman–Crippen MR) is 138 cm³/mol. The van der Waals surface area contributed by atoms with Crippen LogP contribution >= 0.6 is 11.3 Å². The first-order chi connectivity index (χ1) is 17.3. The largest absolute Gasteiger partial charge is 0.493 e. The van der Waals surface area contributed by atoms with Crippen molar-refractivity contribution in [2.75, 3.05) is 12.1 Å². The van der Waals surface area contributed by atoms with Crippen molar-refractivity contribution in [1.82, 2.24) is 0 Å². The van der Waals surface area contributed by atoms with Crippen molar-refractivity contribution in [1.29, 1.82) is 0 Å². The SMILES string of the molecule is COc1cc(C=C2C(=O)N(c3ccc(C(=O)OC(C)C)cc3)N=C2C)ccc1OC(=O)c1cccs1. The number of thiophene rings is 1. The summed E-state index contributed by atoms with van der Waals surface area (Å²) in [6.07, 6.45) is 1.47. The van der Waals surface area contributed by atoms with Gasteiger partial charge in [-0.2, -0.15) is 10.1 Å². The average Bonchev–Trinajstić information content (AvgIpc) is 3.49. The molecule has 36 heavy (non-hydrogen) atoms. The Kier molecular flexibility index (Phi) is 7.30. The van der Waals surface area contributed by atoms with Crippen molar-refractivity contribution < 1.29 is 28.6 Å². The van der Waals surface area contributed by atoms with Crippen molar-refractivity contribution in [2.45, 2.75) is 26.9 Å². The third-order valence-corrected chi connectivity index (χ3v) is 6.03. The van der Waals surface area contributed by atoms with Gasteiger partial charge in [0.15, 0.2) is 11.5 Å². The molecule has 0 atom stereocenters. The van der Waals surface area contributed by atoms with E-state index in [0.29, 0.717) is 38.7 Å². The molecule has 3 aromatic rings. The van der Waals surface area contributed by atoms with Crippen LogP contribution in [0.2, 0.25) is 0 Å². The van der Waals surface area contributed by atoms with Gasteiger partial charge in [-0.3, -0.25) is 4.79 Å². The van der Waals surface area contributed by atoms with Crippen LogP contribution in [0.5, 0.6) is 11.5 Å². The zero-order valence-electron chi connectivity index (χ0n) is 20.2. The molecule has 0 radical (unpaired) electrons. The molecule has 1 aliphatic rings. The Morgan fingerprint density at radius 2 is 1.78 bits per heavy atom. The summed E-state index contributed by atoms with van der Waals surface area (Å²) < 4.78 is 16.1. The molecule has 8 nitrogen and oxygen atoms in total. The smallest absolute Gasteiger partial charge is 0.353 e. The Hall–Kier alpha value is -4.24. The number of hydrogen-bond acceptors (Lipinski definition) is 8. The van der Waals surface area contributed by atoms with Crippen LogP contribution in [0.1, 0.15) is 46.4 Å². The first kappa shape index (κ1) is 24.9. The molecule has 1 aromatic heterocycles. The molecule has 0 N–H and O–H groups in total. The van der Waals surface area contributed by atoms with E-state index in [1.807, 2.05) is 0 Å². The van der Waals surface area contributed by atoms with E-state index in [4.69, 9.17) is 14.2 Å². The van der Waals surface area contributed by atoms with E-state index in [1.54, 1.807) is 86.8 Å². The van der Waals surface area contributed by atoms with Gasteiger partial charge in [-0.25, -0.2) is 9.59 Å². The number of amides is 1. The van der Waals surface area contributed by atoms with E-state index in [1.165, 1.54) is 23.5 Å². The molecule has 0 saturated heterocycles. The fraction of sp³-hybridized carbons (Fsp3) is 0.185. The molecule has 1 amide bonds. The summed E-state index contributed by atoms with van der Waals surface area (Å²) in [5.41, 5.74) is 2.54. The number of ether oxygens (including phenoxy) is 3. The molecule has 0 fully saturated rings.